The van der Waals surface area contributed by atoms with E-state index in [4.69, 9.17) is 14.7 Å². The average Bonchev–Trinajstić information content (AvgIpc) is 3.74. The molecule has 2 aromatic heterocycles. The SMILES string of the molecule is CN1CCC[C@H]1COc1nc2c(c(N3CCC[C@@H](Cc4ncc[nH]4)C3)n1)CN(C1CCc3ccccc31)C2. The fraction of sp³-hybridized carbons (Fsp3) is 0.567. The van der Waals surface area contributed by atoms with Gasteiger partial charge in [-0.3, -0.25) is 4.90 Å². The Morgan fingerprint density at radius 1 is 1.05 bits per heavy atom. The molecule has 3 aliphatic heterocycles. The van der Waals surface area contributed by atoms with E-state index in [9.17, 15) is 0 Å². The zero-order valence-corrected chi connectivity index (χ0v) is 22.5. The molecule has 3 atom stereocenters. The van der Waals surface area contributed by atoms with Crippen LogP contribution in [-0.2, 0) is 25.9 Å². The Balaban J connectivity index is 1.15. The Morgan fingerprint density at radius 3 is 2.84 bits per heavy atom. The smallest absolute Gasteiger partial charge is 0.318 e. The van der Waals surface area contributed by atoms with Crippen LogP contribution in [0.4, 0.5) is 5.82 Å². The van der Waals surface area contributed by atoms with Crippen molar-refractivity contribution in [1.82, 2.24) is 29.7 Å². The van der Waals surface area contributed by atoms with Crippen LogP contribution in [0, 0.1) is 5.92 Å². The Bertz CT molecular complexity index is 1260. The minimum atomic E-state index is 0.453. The van der Waals surface area contributed by atoms with Gasteiger partial charge in [-0.1, -0.05) is 24.3 Å². The fourth-order valence-electron chi connectivity index (χ4n) is 7.17. The number of rotatable bonds is 7. The van der Waals surface area contributed by atoms with E-state index in [0.29, 0.717) is 30.6 Å². The van der Waals surface area contributed by atoms with E-state index in [-0.39, 0.29) is 0 Å². The van der Waals surface area contributed by atoms with E-state index in [1.165, 1.54) is 48.8 Å². The summed E-state index contributed by atoms with van der Waals surface area (Å²) in [6.07, 6.45) is 11.9. The van der Waals surface area contributed by atoms with Crippen LogP contribution in [0.5, 0.6) is 6.01 Å². The first-order chi connectivity index (χ1) is 18.7. The van der Waals surface area contributed by atoms with Gasteiger partial charge >= 0.3 is 6.01 Å². The molecule has 8 nitrogen and oxygen atoms in total. The second-order valence-corrected chi connectivity index (χ2v) is 11.7. The van der Waals surface area contributed by atoms with E-state index >= 15 is 0 Å². The maximum Gasteiger partial charge on any atom is 0.318 e. The first kappa shape index (κ1) is 24.1. The number of anilines is 1. The van der Waals surface area contributed by atoms with Crippen molar-refractivity contribution in [2.45, 2.75) is 70.1 Å². The number of aromatic amines is 1. The van der Waals surface area contributed by atoms with Crippen LogP contribution in [0.1, 0.15) is 66.4 Å². The molecule has 4 aliphatic rings. The molecule has 0 spiro atoms. The number of piperidine rings is 1. The van der Waals surface area contributed by atoms with E-state index in [0.717, 1.165) is 62.9 Å². The Morgan fingerprint density at radius 2 is 1.97 bits per heavy atom. The van der Waals surface area contributed by atoms with Gasteiger partial charge in [-0.05, 0) is 69.2 Å². The molecule has 0 radical (unpaired) electrons. The second-order valence-electron chi connectivity index (χ2n) is 11.7. The van der Waals surface area contributed by atoms with Crippen molar-refractivity contribution in [2.24, 2.45) is 5.92 Å². The molecular weight excluding hydrogens is 474 g/mol. The summed E-state index contributed by atoms with van der Waals surface area (Å²) in [6, 6.07) is 10.4. The Kier molecular flexibility index (Phi) is 6.53. The monoisotopic (exact) mass is 513 g/mol. The second kappa shape index (κ2) is 10.3. The summed E-state index contributed by atoms with van der Waals surface area (Å²) >= 11 is 0. The zero-order chi connectivity index (χ0) is 25.5. The molecule has 2 fully saturated rings. The van der Waals surface area contributed by atoms with Crippen LogP contribution in [0.15, 0.2) is 36.7 Å². The van der Waals surface area contributed by atoms with E-state index in [1.807, 2.05) is 12.4 Å². The highest BCUT2D eigenvalue weighted by molar-refractivity contribution is 5.52. The summed E-state index contributed by atoms with van der Waals surface area (Å²) in [5.74, 6) is 2.75. The van der Waals surface area contributed by atoms with Gasteiger partial charge in [0.1, 0.15) is 18.2 Å². The number of nitrogens with one attached hydrogen (secondary N) is 1. The van der Waals surface area contributed by atoms with E-state index < -0.39 is 0 Å². The molecular formula is C30H39N7O. The summed E-state index contributed by atoms with van der Waals surface area (Å²) in [5.41, 5.74) is 5.45. The highest BCUT2D eigenvalue weighted by Crippen LogP contribution is 2.42. The maximum absolute atomic E-state index is 6.32. The number of likely N-dealkylation sites (tertiary alicyclic amines) is 1. The molecule has 1 aliphatic carbocycles. The standard InChI is InChI=1S/C30H39N7O/c1-35-14-5-8-23(35)20-38-30-33-26-19-37(27-11-10-22-7-2-3-9-24(22)27)18-25(26)29(34-30)36-15-4-6-21(17-36)16-28-31-12-13-32-28/h2-3,7,9,12-13,21,23,27H,4-6,8,10-11,14-20H2,1H3,(H,31,32)/t21-,23-,27?/m0/s1. The summed E-state index contributed by atoms with van der Waals surface area (Å²) in [5, 5.41) is 0. The van der Waals surface area contributed by atoms with Gasteiger partial charge in [-0.25, -0.2) is 4.98 Å². The van der Waals surface area contributed by atoms with Gasteiger partial charge in [0, 0.05) is 62.6 Å². The lowest BCUT2D eigenvalue weighted by Crippen LogP contribution is -2.38. The summed E-state index contributed by atoms with van der Waals surface area (Å²) in [7, 11) is 2.19. The summed E-state index contributed by atoms with van der Waals surface area (Å²) in [4.78, 5) is 25.4. The first-order valence-electron chi connectivity index (χ1n) is 14.5. The van der Waals surface area contributed by atoms with Gasteiger partial charge in [-0.2, -0.15) is 9.97 Å². The van der Waals surface area contributed by atoms with Gasteiger partial charge in [-0.15, -0.1) is 0 Å². The number of ether oxygens (including phenoxy) is 1. The Hall–Kier alpha value is -2.97. The highest BCUT2D eigenvalue weighted by atomic mass is 16.5. The van der Waals surface area contributed by atoms with Crippen molar-refractivity contribution in [3.8, 4) is 6.01 Å². The highest BCUT2D eigenvalue weighted by Gasteiger charge is 2.36. The lowest BCUT2D eigenvalue weighted by Gasteiger charge is -2.34. The number of imidazole rings is 1. The number of hydrogen-bond acceptors (Lipinski definition) is 7. The third kappa shape index (κ3) is 4.69. The van der Waals surface area contributed by atoms with Crippen LogP contribution in [0.2, 0.25) is 0 Å². The molecule has 38 heavy (non-hydrogen) atoms. The molecule has 1 unspecified atom stereocenters. The van der Waals surface area contributed by atoms with Crippen molar-refractivity contribution in [1.29, 1.82) is 0 Å². The molecule has 0 saturated carbocycles. The number of H-pyrrole nitrogens is 1. The van der Waals surface area contributed by atoms with Crippen LogP contribution < -0.4 is 9.64 Å². The van der Waals surface area contributed by atoms with Crippen LogP contribution in [-0.4, -0.2) is 69.1 Å². The topological polar surface area (TPSA) is 73.4 Å². The Labute approximate surface area is 225 Å². The molecule has 8 heteroatoms. The molecule has 5 heterocycles. The fourth-order valence-corrected chi connectivity index (χ4v) is 7.17. The van der Waals surface area contributed by atoms with Gasteiger partial charge < -0.3 is 19.5 Å². The van der Waals surface area contributed by atoms with Crippen LogP contribution in [0.3, 0.4) is 0 Å². The number of aromatic nitrogens is 4. The molecule has 1 aromatic carbocycles. The van der Waals surface area contributed by atoms with Crippen molar-refractivity contribution in [2.75, 3.05) is 38.2 Å². The number of likely N-dealkylation sites (N-methyl/N-ethyl adjacent to an activating group) is 1. The molecule has 7 rings (SSSR count). The number of benzene rings is 1. The molecule has 2 saturated heterocycles. The molecule has 0 bridgehead atoms. The predicted octanol–water partition coefficient (Wildman–Crippen LogP) is 4.13. The van der Waals surface area contributed by atoms with E-state index in [2.05, 4.69) is 56.0 Å². The number of aryl methyl sites for hydroxylation is 1. The van der Waals surface area contributed by atoms with E-state index in [1.54, 1.807) is 0 Å². The van der Waals surface area contributed by atoms with Crippen molar-refractivity contribution < 1.29 is 4.74 Å². The van der Waals surface area contributed by atoms with Gasteiger partial charge in [0.15, 0.2) is 0 Å². The van der Waals surface area contributed by atoms with Crippen LogP contribution in [0.25, 0.3) is 0 Å². The van der Waals surface area contributed by atoms with Crippen molar-refractivity contribution in [3.63, 3.8) is 0 Å². The van der Waals surface area contributed by atoms with Crippen molar-refractivity contribution >= 4 is 5.82 Å². The van der Waals surface area contributed by atoms with Gasteiger partial charge in [0.05, 0.1) is 5.69 Å². The minimum Gasteiger partial charge on any atom is -0.462 e. The quantitative estimate of drug-likeness (QED) is 0.509. The summed E-state index contributed by atoms with van der Waals surface area (Å²) in [6.45, 7) is 5.63. The first-order valence-corrected chi connectivity index (χ1v) is 14.5. The lowest BCUT2D eigenvalue weighted by molar-refractivity contribution is 0.186. The zero-order valence-electron chi connectivity index (χ0n) is 22.5. The van der Waals surface area contributed by atoms with Crippen LogP contribution >= 0.6 is 0 Å². The molecule has 1 N–H and O–H groups in total. The molecule has 200 valence electrons. The molecule has 3 aromatic rings. The molecule has 0 amide bonds. The minimum absolute atomic E-state index is 0.453. The largest absolute Gasteiger partial charge is 0.462 e. The van der Waals surface area contributed by atoms with Gasteiger partial charge in [0.2, 0.25) is 0 Å². The lowest BCUT2D eigenvalue weighted by atomic mass is 9.94. The number of nitrogens with zero attached hydrogens (tertiary/aromatic N) is 6. The van der Waals surface area contributed by atoms with Crippen molar-refractivity contribution in [3.05, 3.63) is 64.9 Å². The normalized spacial score (nSPS) is 25.6. The third-order valence-corrected chi connectivity index (χ3v) is 9.24. The van der Waals surface area contributed by atoms with Gasteiger partial charge in [0.25, 0.3) is 0 Å². The predicted molar refractivity (Wildman–Crippen MR) is 147 cm³/mol. The average molecular weight is 514 g/mol. The third-order valence-electron chi connectivity index (χ3n) is 9.24. The number of fused-ring (bicyclic) bond motifs is 2. The maximum atomic E-state index is 6.32. The number of hydrogen-bond donors (Lipinski definition) is 1. The summed E-state index contributed by atoms with van der Waals surface area (Å²) < 4.78 is 6.32.